The van der Waals surface area contributed by atoms with Crippen molar-refractivity contribution in [1.29, 1.82) is 0 Å². The monoisotopic (exact) mass is 384 g/mol. The van der Waals surface area contributed by atoms with Gasteiger partial charge in [0, 0.05) is 29.1 Å². The molecule has 27 heavy (non-hydrogen) atoms. The number of carbonyl (C=O) groups is 2. The van der Waals surface area contributed by atoms with E-state index in [1.807, 2.05) is 17.9 Å². The smallest absolute Gasteiger partial charge is 0.241 e. The Morgan fingerprint density at radius 1 is 1.26 bits per heavy atom. The van der Waals surface area contributed by atoms with Crippen LogP contribution >= 0.6 is 11.3 Å². The Morgan fingerprint density at radius 2 is 2.04 bits per heavy atom. The highest BCUT2D eigenvalue weighted by molar-refractivity contribution is 7.09. The Bertz CT molecular complexity index is 871. The van der Waals surface area contributed by atoms with Crippen molar-refractivity contribution < 1.29 is 9.59 Å². The summed E-state index contributed by atoms with van der Waals surface area (Å²) in [7, 11) is 0. The van der Waals surface area contributed by atoms with Crippen LogP contribution in [-0.2, 0) is 16.0 Å². The van der Waals surface area contributed by atoms with Crippen LogP contribution in [0.1, 0.15) is 23.4 Å². The second kappa shape index (κ2) is 7.40. The maximum Gasteiger partial charge on any atom is 0.241 e. The van der Waals surface area contributed by atoms with E-state index in [0.717, 1.165) is 60.8 Å². The maximum absolute atomic E-state index is 12.8. The molecule has 0 atom stereocenters. The number of thiazole rings is 1. The fraction of sp³-hybridized carbons (Fsp3) is 0.450. The van der Waals surface area contributed by atoms with Gasteiger partial charge in [0.15, 0.2) is 0 Å². The molecule has 0 saturated carbocycles. The summed E-state index contributed by atoms with van der Waals surface area (Å²) < 4.78 is 0. The van der Waals surface area contributed by atoms with Gasteiger partial charge in [-0.3, -0.25) is 14.5 Å². The number of piperidine rings is 1. The highest BCUT2D eigenvalue weighted by Gasteiger charge is 2.29. The third-order valence-electron chi connectivity index (χ3n) is 5.54. The van der Waals surface area contributed by atoms with Crippen molar-refractivity contribution in [1.82, 2.24) is 9.88 Å². The molecular weight excluding hydrogens is 360 g/mol. The average Bonchev–Trinajstić information content (AvgIpc) is 3.27. The second-order valence-electron chi connectivity index (χ2n) is 7.34. The Hall–Kier alpha value is -2.25. The van der Waals surface area contributed by atoms with E-state index in [2.05, 4.69) is 27.4 Å². The molecule has 0 unspecified atom stereocenters. The molecule has 2 N–H and O–H groups in total. The predicted molar refractivity (Wildman–Crippen MR) is 107 cm³/mol. The molecule has 7 heteroatoms. The van der Waals surface area contributed by atoms with E-state index in [9.17, 15) is 9.59 Å². The zero-order chi connectivity index (χ0) is 19.0. The van der Waals surface area contributed by atoms with E-state index in [1.54, 1.807) is 11.3 Å². The lowest BCUT2D eigenvalue weighted by molar-refractivity contribution is -0.123. The number of amides is 2. The number of nitrogens with two attached hydrogens (primary N) is 1. The third-order valence-corrected chi connectivity index (χ3v) is 6.31. The van der Waals surface area contributed by atoms with Crippen molar-refractivity contribution in [2.45, 2.75) is 26.2 Å². The topological polar surface area (TPSA) is 79.5 Å². The molecule has 0 bridgehead atoms. The first kappa shape index (κ1) is 18.1. The van der Waals surface area contributed by atoms with Gasteiger partial charge in [0.25, 0.3) is 0 Å². The first-order valence-electron chi connectivity index (χ1n) is 9.39. The molecule has 1 aromatic heterocycles. The van der Waals surface area contributed by atoms with Gasteiger partial charge < -0.3 is 10.6 Å². The molecule has 6 nitrogen and oxygen atoms in total. The summed E-state index contributed by atoms with van der Waals surface area (Å²) in [5, 5.41) is 3.13. The van der Waals surface area contributed by atoms with Gasteiger partial charge in [-0.1, -0.05) is 6.07 Å². The van der Waals surface area contributed by atoms with E-state index in [4.69, 9.17) is 5.73 Å². The lowest BCUT2D eigenvalue weighted by Gasteiger charge is -2.31. The van der Waals surface area contributed by atoms with Crippen LogP contribution < -0.4 is 10.6 Å². The molecule has 2 aliphatic heterocycles. The number of aromatic nitrogens is 1. The molecule has 4 rings (SSSR count). The van der Waals surface area contributed by atoms with Crippen molar-refractivity contribution in [3.8, 4) is 11.3 Å². The van der Waals surface area contributed by atoms with Crippen molar-refractivity contribution in [2.24, 2.45) is 11.7 Å². The van der Waals surface area contributed by atoms with Crippen LogP contribution in [0, 0.1) is 12.8 Å². The third kappa shape index (κ3) is 3.75. The van der Waals surface area contributed by atoms with Crippen LogP contribution in [0.4, 0.5) is 5.69 Å². The highest BCUT2D eigenvalue weighted by atomic mass is 32.1. The molecule has 1 fully saturated rings. The summed E-state index contributed by atoms with van der Waals surface area (Å²) in [4.78, 5) is 32.7. The SMILES string of the molecule is Cc1nc(-c2ccc3c(c2)CCN3C(=O)CN2CCC(C(N)=O)CC2)cs1. The summed E-state index contributed by atoms with van der Waals surface area (Å²) in [6.07, 6.45) is 2.37. The minimum Gasteiger partial charge on any atom is -0.369 e. The molecule has 2 amide bonds. The zero-order valence-corrected chi connectivity index (χ0v) is 16.3. The fourth-order valence-corrected chi connectivity index (χ4v) is 4.59. The van der Waals surface area contributed by atoms with Crippen LogP contribution in [0.25, 0.3) is 11.3 Å². The molecule has 0 spiro atoms. The van der Waals surface area contributed by atoms with Gasteiger partial charge in [-0.2, -0.15) is 0 Å². The lowest BCUT2D eigenvalue weighted by atomic mass is 9.96. The summed E-state index contributed by atoms with van der Waals surface area (Å²) in [6.45, 7) is 4.64. The van der Waals surface area contributed by atoms with E-state index in [1.165, 1.54) is 5.56 Å². The van der Waals surface area contributed by atoms with Crippen LogP contribution in [0.2, 0.25) is 0 Å². The van der Waals surface area contributed by atoms with Crippen LogP contribution in [0.5, 0.6) is 0 Å². The van der Waals surface area contributed by atoms with Crippen LogP contribution in [0.15, 0.2) is 23.6 Å². The minimum absolute atomic E-state index is 0.0448. The van der Waals surface area contributed by atoms with Crippen molar-refractivity contribution in [3.05, 3.63) is 34.2 Å². The number of nitrogens with zero attached hydrogens (tertiary/aromatic N) is 3. The summed E-state index contributed by atoms with van der Waals surface area (Å²) >= 11 is 1.65. The lowest BCUT2D eigenvalue weighted by Crippen LogP contribution is -2.44. The Labute approximate surface area is 163 Å². The summed E-state index contributed by atoms with van der Waals surface area (Å²) in [6, 6.07) is 6.26. The number of anilines is 1. The van der Waals surface area contributed by atoms with Gasteiger partial charge in [0.05, 0.1) is 17.2 Å². The van der Waals surface area contributed by atoms with Crippen molar-refractivity contribution in [3.63, 3.8) is 0 Å². The maximum atomic E-state index is 12.8. The standard InChI is InChI=1S/C20H24N4O2S/c1-13-22-17(12-27-13)15-2-3-18-16(10-15)6-9-24(18)19(25)11-23-7-4-14(5-8-23)20(21)26/h2-3,10,12,14H,4-9,11H2,1H3,(H2,21,26). The van der Waals surface area contributed by atoms with E-state index < -0.39 is 0 Å². The number of aryl methyl sites for hydroxylation is 1. The Morgan fingerprint density at radius 3 is 2.70 bits per heavy atom. The Balaban J connectivity index is 1.42. The number of carbonyl (C=O) groups excluding carboxylic acids is 2. The second-order valence-corrected chi connectivity index (χ2v) is 8.41. The number of likely N-dealkylation sites (tertiary alicyclic amines) is 1. The highest BCUT2D eigenvalue weighted by Crippen LogP contribution is 2.33. The molecule has 2 aliphatic rings. The Kier molecular flexibility index (Phi) is 4.97. The van der Waals surface area contributed by atoms with E-state index in [-0.39, 0.29) is 17.7 Å². The molecule has 142 valence electrons. The average molecular weight is 385 g/mol. The quantitative estimate of drug-likeness (QED) is 0.876. The number of hydrogen-bond acceptors (Lipinski definition) is 5. The summed E-state index contributed by atoms with van der Waals surface area (Å²) in [5.74, 6) is -0.138. The van der Waals surface area contributed by atoms with Gasteiger partial charge in [-0.15, -0.1) is 11.3 Å². The summed E-state index contributed by atoms with van der Waals surface area (Å²) in [5.41, 5.74) is 9.72. The first-order valence-corrected chi connectivity index (χ1v) is 10.3. The van der Waals surface area contributed by atoms with E-state index in [0.29, 0.717) is 6.54 Å². The van der Waals surface area contributed by atoms with Crippen molar-refractivity contribution in [2.75, 3.05) is 31.1 Å². The van der Waals surface area contributed by atoms with Gasteiger partial charge in [-0.05, 0) is 57.0 Å². The molecule has 3 heterocycles. The van der Waals surface area contributed by atoms with Gasteiger partial charge in [0.2, 0.25) is 11.8 Å². The molecule has 2 aromatic rings. The molecule has 1 saturated heterocycles. The molecule has 0 aliphatic carbocycles. The molecular formula is C20H24N4O2S. The largest absolute Gasteiger partial charge is 0.369 e. The first-order chi connectivity index (χ1) is 13.0. The van der Waals surface area contributed by atoms with Crippen LogP contribution in [-0.4, -0.2) is 47.9 Å². The number of hydrogen-bond donors (Lipinski definition) is 1. The van der Waals surface area contributed by atoms with Gasteiger partial charge in [-0.25, -0.2) is 4.98 Å². The number of rotatable bonds is 4. The predicted octanol–water partition coefficient (Wildman–Crippen LogP) is 2.20. The van der Waals surface area contributed by atoms with Crippen molar-refractivity contribution >= 4 is 28.8 Å². The van der Waals surface area contributed by atoms with Gasteiger partial charge >= 0.3 is 0 Å². The minimum atomic E-state index is -0.222. The molecule has 1 aromatic carbocycles. The number of primary amides is 1. The fourth-order valence-electron chi connectivity index (χ4n) is 3.97. The van der Waals surface area contributed by atoms with Gasteiger partial charge in [0.1, 0.15) is 0 Å². The molecule has 0 radical (unpaired) electrons. The normalized spacial score (nSPS) is 17.9. The zero-order valence-electron chi connectivity index (χ0n) is 15.5. The van der Waals surface area contributed by atoms with E-state index >= 15 is 0 Å². The van der Waals surface area contributed by atoms with Crippen LogP contribution in [0.3, 0.4) is 0 Å². The number of benzene rings is 1. The number of fused-ring (bicyclic) bond motifs is 1.